The average molecular weight is 465 g/mol. The zero-order chi connectivity index (χ0) is 24.4. The van der Waals surface area contributed by atoms with Crippen LogP contribution in [0.1, 0.15) is 43.5 Å². The minimum atomic E-state index is -0.676. The number of fused-ring (bicyclic) bond motifs is 1. The molecule has 2 aromatic carbocycles. The molecule has 2 aromatic rings. The molecule has 7 heteroatoms. The van der Waals surface area contributed by atoms with Gasteiger partial charge in [-0.05, 0) is 61.5 Å². The van der Waals surface area contributed by atoms with Crippen LogP contribution in [0.5, 0.6) is 11.5 Å². The highest BCUT2D eigenvalue weighted by atomic mass is 16.5. The van der Waals surface area contributed by atoms with E-state index in [1.54, 1.807) is 30.2 Å². The Balaban J connectivity index is 1.77. The number of carbonyl (C=O) groups excluding carboxylic acids is 2. The Labute approximate surface area is 200 Å². The van der Waals surface area contributed by atoms with Gasteiger partial charge in [0.2, 0.25) is 0 Å². The van der Waals surface area contributed by atoms with Crippen LogP contribution in [0.3, 0.4) is 0 Å². The van der Waals surface area contributed by atoms with Crippen LogP contribution in [0.2, 0.25) is 0 Å². The molecule has 4 rings (SSSR count). The van der Waals surface area contributed by atoms with E-state index in [2.05, 4.69) is 18.7 Å². The molecule has 0 aromatic heterocycles. The Bertz CT molecular complexity index is 1100. The summed E-state index contributed by atoms with van der Waals surface area (Å²) in [5.41, 5.74) is 2.35. The van der Waals surface area contributed by atoms with Gasteiger partial charge in [-0.2, -0.15) is 0 Å². The van der Waals surface area contributed by atoms with Crippen LogP contribution in [0.25, 0.3) is 5.76 Å². The first-order valence-corrected chi connectivity index (χ1v) is 11.8. The maximum atomic E-state index is 13.2. The van der Waals surface area contributed by atoms with Gasteiger partial charge in [0.25, 0.3) is 11.7 Å². The number of hydrogen-bond donors (Lipinski definition) is 1. The third-order valence-electron chi connectivity index (χ3n) is 6.69. The normalized spacial score (nSPS) is 21.1. The fraction of sp³-hybridized carbons (Fsp3) is 0.407. The largest absolute Gasteiger partial charge is 0.507 e. The molecule has 0 spiro atoms. The van der Waals surface area contributed by atoms with Crippen molar-refractivity contribution in [3.05, 3.63) is 64.7 Å². The van der Waals surface area contributed by atoms with E-state index in [1.807, 2.05) is 31.2 Å². The van der Waals surface area contributed by atoms with Crippen molar-refractivity contribution >= 4 is 17.4 Å². The molecule has 1 saturated heterocycles. The summed E-state index contributed by atoms with van der Waals surface area (Å²) in [4.78, 5) is 30.2. The standard InChI is InChI=1S/C27H32N2O5/c1-5-28(6-2)13-14-29-24(18-7-10-21(33-4)11-8-18)23(26(31)27(29)32)25(30)19-9-12-22-20(16-19)15-17(3)34-22/h7-12,16-17,24,30H,5-6,13-15H2,1-4H3/t17-,24-/m1/s1. The molecule has 0 aliphatic carbocycles. The van der Waals surface area contributed by atoms with Crippen molar-refractivity contribution in [2.45, 2.75) is 39.3 Å². The minimum Gasteiger partial charge on any atom is -0.507 e. The molecule has 1 fully saturated rings. The molecule has 180 valence electrons. The number of Topliss-reactive ketones (excluding diaryl/α,β-unsaturated/α-hetero) is 1. The van der Waals surface area contributed by atoms with Crippen LogP contribution in [-0.2, 0) is 16.0 Å². The monoisotopic (exact) mass is 464 g/mol. The number of aliphatic hydroxyl groups is 1. The summed E-state index contributed by atoms with van der Waals surface area (Å²) in [6, 6.07) is 12.0. The minimum absolute atomic E-state index is 0.0670. The van der Waals surface area contributed by atoms with Crippen molar-refractivity contribution in [3.63, 3.8) is 0 Å². The number of hydrogen-bond acceptors (Lipinski definition) is 6. The van der Waals surface area contributed by atoms with Crippen LogP contribution in [0.15, 0.2) is 48.0 Å². The fourth-order valence-electron chi connectivity index (χ4n) is 4.76. The predicted octanol–water partition coefficient (Wildman–Crippen LogP) is 3.78. The predicted molar refractivity (Wildman–Crippen MR) is 130 cm³/mol. The highest BCUT2D eigenvalue weighted by Gasteiger charge is 2.46. The lowest BCUT2D eigenvalue weighted by Gasteiger charge is -2.28. The Morgan fingerprint density at radius 1 is 1.15 bits per heavy atom. The number of benzene rings is 2. The van der Waals surface area contributed by atoms with Crippen LogP contribution in [-0.4, -0.2) is 66.0 Å². The van der Waals surface area contributed by atoms with E-state index >= 15 is 0 Å². The number of rotatable bonds is 8. The summed E-state index contributed by atoms with van der Waals surface area (Å²) in [5, 5.41) is 11.3. The van der Waals surface area contributed by atoms with E-state index in [0.717, 1.165) is 36.4 Å². The zero-order valence-electron chi connectivity index (χ0n) is 20.2. The molecule has 2 aliphatic rings. The Hall–Kier alpha value is -3.32. The summed E-state index contributed by atoms with van der Waals surface area (Å²) in [6.07, 6.45) is 0.800. The third-order valence-corrected chi connectivity index (χ3v) is 6.69. The summed E-state index contributed by atoms with van der Waals surface area (Å²) < 4.78 is 11.0. The van der Waals surface area contributed by atoms with Gasteiger partial charge in [0.1, 0.15) is 23.4 Å². The maximum absolute atomic E-state index is 13.2. The molecule has 2 aliphatic heterocycles. The average Bonchev–Trinajstić information content (AvgIpc) is 3.35. The molecule has 0 saturated carbocycles. The Morgan fingerprint density at radius 2 is 1.85 bits per heavy atom. The lowest BCUT2D eigenvalue weighted by atomic mass is 9.94. The Morgan fingerprint density at radius 3 is 2.50 bits per heavy atom. The molecule has 2 atom stereocenters. The van der Waals surface area contributed by atoms with Crippen molar-refractivity contribution in [2.24, 2.45) is 0 Å². The highest BCUT2D eigenvalue weighted by molar-refractivity contribution is 6.46. The number of ether oxygens (including phenoxy) is 2. The van der Waals surface area contributed by atoms with E-state index in [0.29, 0.717) is 24.4 Å². The van der Waals surface area contributed by atoms with E-state index in [4.69, 9.17) is 9.47 Å². The van der Waals surface area contributed by atoms with Crippen LogP contribution >= 0.6 is 0 Å². The smallest absolute Gasteiger partial charge is 0.295 e. The number of amides is 1. The molecular weight excluding hydrogens is 432 g/mol. The van der Waals surface area contributed by atoms with Gasteiger partial charge in [0.05, 0.1) is 18.7 Å². The number of ketones is 1. The topological polar surface area (TPSA) is 79.3 Å². The first-order valence-electron chi connectivity index (χ1n) is 11.8. The second-order valence-corrected chi connectivity index (χ2v) is 8.75. The van der Waals surface area contributed by atoms with Crippen molar-refractivity contribution in [2.75, 3.05) is 33.3 Å². The highest BCUT2D eigenvalue weighted by Crippen LogP contribution is 2.40. The molecule has 1 N–H and O–H groups in total. The van der Waals surface area contributed by atoms with Crippen molar-refractivity contribution in [1.82, 2.24) is 9.80 Å². The van der Waals surface area contributed by atoms with Gasteiger partial charge >= 0.3 is 0 Å². The quantitative estimate of drug-likeness (QED) is 0.364. The van der Waals surface area contributed by atoms with Gasteiger partial charge < -0.3 is 24.4 Å². The first kappa shape index (κ1) is 23.8. The number of nitrogens with zero attached hydrogens (tertiary/aromatic N) is 2. The molecule has 0 bridgehead atoms. The summed E-state index contributed by atoms with van der Waals surface area (Å²) >= 11 is 0. The molecule has 34 heavy (non-hydrogen) atoms. The summed E-state index contributed by atoms with van der Waals surface area (Å²) in [5.74, 6) is 0.0505. The fourth-order valence-corrected chi connectivity index (χ4v) is 4.76. The van der Waals surface area contributed by atoms with Crippen molar-refractivity contribution in [1.29, 1.82) is 0 Å². The molecule has 2 heterocycles. The molecular formula is C27H32N2O5. The van der Waals surface area contributed by atoms with Gasteiger partial charge in [-0.15, -0.1) is 0 Å². The van der Waals surface area contributed by atoms with Gasteiger partial charge in [0.15, 0.2) is 0 Å². The number of carbonyl (C=O) groups is 2. The summed E-state index contributed by atoms with van der Waals surface area (Å²) in [7, 11) is 1.59. The van der Waals surface area contributed by atoms with Crippen LogP contribution < -0.4 is 9.47 Å². The van der Waals surface area contributed by atoms with Crippen LogP contribution in [0.4, 0.5) is 0 Å². The Kier molecular flexibility index (Phi) is 6.93. The zero-order valence-corrected chi connectivity index (χ0v) is 20.2. The van der Waals surface area contributed by atoms with E-state index < -0.39 is 17.7 Å². The molecule has 7 nitrogen and oxygen atoms in total. The SMILES string of the molecule is CCN(CC)CCN1C(=O)C(=O)C(=C(O)c2ccc3c(c2)C[C@@H](C)O3)[C@H]1c1ccc(OC)cc1. The van der Waals surface area contributed by atoms with Crippen molar-refractivity contribution < 1.29 is 24.2 Å². The van der Waals surface area contributed by atoms with Gasteiger partial charge in [0, 0.05) is 25.1 Å². The first-order chi connectivity index (χ1) is 16.4. The number of likely N-dealkylation sites (N-methyl/N-ethyl adjacent to an activating group) is 1. The van der Waals surface area contributed by atoms with E-state index in [1.165, 1.54) is 0 Å². The van der Waals surface area contributed by atoms with Crippen molar-refractivity contribution in [3.8, 4) is 11.5 Å². The summed E-state index contributed by atoms with van der Waals surface area (Å²) in [6.45, 7) is 8.85. The second-order valence-electron chi connectivity index (χ2n) is 8.75. The number of methoxy groups -OCH3 is 1. The number of likely N-dealkylation sites (tertiary alicyclic amines) is 1. The molecule has 1 amide bonds. The van der Waals surface area contributed by atoms with E-state index in [-0.39, 0.29) is 17.4 Å². The second kappa shape index (κ2) is 9.89. The lowest BCUT2D eigenvalue weighted by Crippen LogP contribution is -2.38. The number of aliphatic hydroxyl groups excluding tert-OH is 1. The van der Waals surface area contributed by atoms with Crippen LogP contribution in [0, 0.1) is 0 Å². The lowest BCUT2D eigenvalue weighted by molar-refractivity contribution is -0.140. The molecule has 0 radical (unpaired) electrons. The third kappa shape index (κ3) is 4.40. The van der Waals surface area contributed by atoms with E-state index in [9.17, 15) is 14.7 Å². The van der Waals surface area contributed by atoms with Gasteiger partial charge in [-0.3, -0.25) is 9.59 Å². The molecule has 0 unspecified atom stereocenters. The van der Waals surface area contributed by atoms with Gasteiger partial charge in [-0.1, -0.05) is 26.0 Å². The van der Waals surface area contributed by atoms with Gasteiger partial charge in [-0.25, -0.2) is 0 Å². The maximum Gasteiger partial charge on any atom is 0.295 e.